The fourth-order valence-electron chi connectivity index (χ4n) is 1.39. The second-order valence-electron chi connectivity index (χ2n) is 3.83. The molecule has 1 aromatic heterocycles. The van der Waals surface area contributed by atoms with Gasteiger partial charge >= 0.3 is 0 Å². The standard InChI is InChI=1S/C11H13FN4O2/c1-8-13-14-15-16(8)6-10(17)7-18-11-4-2-9(12)3-5-11/h2-5,10,17H,6-7H2,1H3/t10-/m0/s1. The summed E-state index contributed by atoms with van der Waals surface area (Å²) in [5.41, 5.74) is 0. The van der Waals surface area contributed by atoms with Gasteiger partial charge in [0.2, 0.25) is 0 Å². The van der Waals surface area contributed by atoms with E-state index in [1.54, 1.807) is 6.92 Å². The highest BCUT2D eigenvalue weighted by atomic mass is 19.1. The number of tetrazole rings is 1. The minimum Gasteiger partial charge on any atom is -0.491 e. The van der Waals surface area contributed by atoms with Crippen LogP contribution in [0.5, 0.6) is 5.75 Å². The van der Waals surface area contributed by atoms with Crippen LogP contribution in [0, 0.1) is 12.7 Å². The van der Waals surface area contributed by atoms with Crippen LogP contribution in [0.1, 0.15) is 5.82 Å². The molecule has 0 bridgehead atoms. The Labute approximate surface area is 103 Å². The van der Waals surface area contributed by atoms with Crippen LogP contribution in [-0.4, -0.2) is 38.0 Å². The van der Waals surface area contributed by atoms with E-state index in [2.05, 4.69) is 15.5 Å². The predicted molar refractivity (Wildman–Crippen MR) is 60.5 cm³/mol. The first kappa shape index (κ1) is 12.4. The Hall–Kier alpha value is -2.02. The van der Waals surface area contributed by atoms with Crippen LogP contribution in [0.15, 0.2) is 24.3 Å². The summed E-state index contributed by atoms with van der Waals surface area (Å²) in [6.45, 7) is 2.08. The minimum atomic E-state index is -0.739. The highest BCUT2D eigenvalue weighted by Crippen LogP contribution is 2.11. The Morgan fingerprint density at radius 3 is 2.72 bits per heavy atom. The molecule has 1 aromatic carbocycles. The summed E-state index contributed by atoms with van der Waals surface area (Å²) >= 11 is 0. The van der Waals surface area contributed by atoms with E-state index in [4.69, 9.17) is 4.74 Å². The fraction of sp³-hybridized carbons (Fsp3) is 0.364. The molecule has 18 heavy (non-hydrogen) atoms. The average molecular weight is 252 g/mol. The normalized spacial score (nSPS) is 12.4. The molecule has 0 aliphatic heterocycles. The third-order valence-electron chi connectivity index (χ3n) is 2.35. The van der Waals surface area contributed by atoms with Gasteiger partial charge in [-0.05, 0) is 41.6 Å². The number of aromatic nitrogens is 4. The average Bonchev–Trinajstić information content (AvgIpc) is 2.74. The Kier molecular flexibility index (Phi) is 3.83. The molecule has 2 aromatic rings. The Bertz CT molecular complexity index is 500. The number of benzene rings is 1. The number of halogens is 1. The zero-order chi connectivity index (χ0) is 13.0. The van der Waals surface area contributed by atoms with E-state index in [9.17, 15) is 9.50 Å². The molecule has 1 atom stereocenters. The number of rotatable bonds is 5. The van der Waals surface area contributed by atoms with E-state index in [0.717, 1.165) is 0 Å². The Morgan fingerprint density at radius 2 is 2.11 bits per heavy atom. The SMILES string of the molecule is Cc1nnnn1C[C@H](O)COc1ccc(F)cc1. The maximum Gasteiger partial charge on any atom is 0.148 e. The topological polar surface area (TPSA) is 73.1 Å². The van der Waals surface area contributed by atoms with Crippen molar-refractivity contribution in [2.45, 2.75) is 19.6 Å². The monoisotopic (exact) mass is 252 g/mol. The molecule has 0 saturated carbocycles. The summed E-state index contributed by atoms with van der Waals surface area (Å²) in [4.78, 5) is 0. The molecule has 0 unspecified atom stereocenters. The first-order valence-electron chi connectivity index (χ1n) is 5.44. The number of aryl methyl sites for hydroxylation is 1. The van der Waals surface area contributed by atoms with Crippen molar-refractivity contribution in [1.82, 2.24) is 20.2 Å². The smallest absolute Gasteiger partial charge is 0.148 e. The molecule has 96 valence electrons. The van der Waals surface area contributed by atoms with Gasteiger partial charge in [0.1, 0.15) is 30.1 Å². The van der Waals surface area contributed by atoms with Gasteiger partial charge in [0.05, 0.1) is 6.54 Å². The summed E-state index contributed by atoms with van der Waals surface area (Å²) in [5.74, 6) is 0.798. The fourth-order valence-corrected chi connectivity index (χ4v) is 1.39. The number of nitrogens with zero attached hydrogens (tertiary/aromatic N) is 4. The van der Waals surface area contributed by atoms with Crippen molar-refractivity contribution in [3.63, 3.8) is 0 Å². The van der Waals surface area contributed by atoms with Crippen molar-refractivity contribution in [3.05, 3.63) is 35.9 Å². The molecule has 0 aliphatic rings. The van der Waals surface area contributed by atoms with Gasteiger partial charge in [0, 0.05) is 0 Å². The van der Waals surface area contributed by atoms with Gasteiger partial charge in [-0.15, -0.1) is 5.10 Å². The van der Waals surface area contributed by atoms with Gasteiger partial charge in [-0.2, -0.15) is 0 Å². The van der Waals surface area contributed by atoms with E-state index >= 15 is 0 Å². The zero-order valence-electron chi connectivity index (χ0n) is 9.82. The van der Waals surface area contributed by atoms with Crippen molar-refractivity contribution in [1.29, 1.82) is 0 Å². The number of aliphatic hydroxyl groups is 1. The first-order valence-corrected chi connectivity index (χ1v) is 5.44. The summed E-state index contributed by atoms with van der Waals surface area (Å²) in [5, 5.41) is 20.6. The van der Waals surface area contributed by atoms with Gasteiger partial charge in [0.15, 0.2) is 0 Å². The highest BCUT2D eigenvalue weighted by Gasteiger charge is 2.09. The molecule has 7 heteroatoms. The summed E-state index contributed by atoms with van der Waals surface area (Å²) in [6.07, 6.45) is -0.739. The molecule has 2 rings (SSSR count). The predicted octanol–water partition coefficient (Wildman–Crippen LogP) is 0.561. The summed E-state index contributed by atoms with van der Waals surface area (Å²) < 4.78 is 19.4. The molecule has 0 radical (unpaired) electrons. The van der Waals surface area contributed by atoms with Crippen LogP contribution in [0.4, 0.5) is 4.39 Å². The number of hydrogen-bond acceptors (Lipinski definition) is 5. The molecule has 0 aliphatic carbocycles. The van der Waals surface area contributed by atoms with Gasteiger partial charge < -0.3 is 9.84 Å². The zero-order valence-corrected chi connectivity index (χ0v) is 9.82. The molecule has 6 nitrogen and oxygen atoms in total. The van der Waals surface area contributed by atoms with Crippen LogP contribution in [0.25, 0.3) is 0 Å². The number of ether oxygens (including phenoxy) is 1. The maximum absolute atomic E-state index is 12.7. The number of hydrogen-bond donors (Lipinski definition) is 1. The van der Waals surface area contributed by atoms with E-state index in [1.807, 2.05) is 0 Å². The van der Waals surface area contributed by atoms with Crippen LogP contribution < -0.4 is 4.74 Å². The molecule has 0 spiro atoms. The molecule has 0 saturated heterocycles. The maximum atomic E-state index is 12.7. The van der Waals surface area contributed by atoms with Gasteiger partial charge in [-0.25, -0.2) is 9.07 Å². The summed E-state index contributed by atoms with van der Waals surface area (Å²) in [7, 11) is 0. The van der Waals surface area contributed by atoms with Crippen molar-refractivity contribution < 1.29 is 14.2 Å². The third kappa shape index (κ3) is 3.24. The largest absolute Gasteiger partial charge is 0.491 e. The lowest BCUT2D eigenvalue weighted by Crippen LogP contribution is -2.24. The molecule has 1 N–H and O–H groups in total. The van der Waals surface area contributed by atoms with Gasteiger partial charge in [-0.1, -0.05) is 0 Å². The van der Waals surface area contributed by atoms with E-state index in [1.165, 1.54) is 28.9 Å². The molecular weight excluding hydrogens is 239 g/mol. The minimum absolute atomic E-state index is 0.0882. The van der Waals surface area contributed by atoms with Crippen molar-refractivity contribution >= 4 is 0 Å². The van der Waals surface area contributed by atoms with Crippen LogP contribution in [0.3, 0.4) is 0 Å². The highest BCUT2D eigenvalue weighted by molar-refractivity contribution is 5.22. The van der Waals surface area contributed by atoms with Crippen molar-refractivity contribution in [2.75, 3.05) is 6.61 Å². The second kappa shape index (κ2) is 5.54. The molecule has 0 amide bonds. The van der Waals surface area contributed by atoms with Crippen molar-refractivity contribution in [3.8, 4) is 5.75 Å². The van der Waals surface area contributed by atoms with Crippen LogP contribution in [-0.2, 0) is 6.54 Å². The first-order chi connectivity index (χ1) is 8.65. The Morgan fingerprint density at radius 1 is 1.39 bits per heavy atom. The molecular formula is C11H13FN4O2. The number of aliphatic hydroxyl groups excluding tert-OH is 1. The molecule has 0 fully saturated rings. The van der Waals surface area contributed by atoms with E-state index in [-0.39, 0.29) is 19.0 Å². The Balaban J connectivity index is 1.83. The van der Waals surface area contributed by atoms with E-state index < -0.39 is 6.10 Å². The van der Waals surface area contributed by atoms with Crippen LogP contribution in [0.2, 0.25) is 0 Å². The second-order valence-corrected chi connectivity index (χ2v) is 3.83. The lowest BCUT2D eigenvalue weighted by atomic mass is 10.3. The molecule has 1 heterocycles. The third-order valence-corrected chi connectivity index (χ3v) is 2.35. The van der Waals surface area contributed by atoms with Gasteiger partial charge in [0.25, 0.3) is 0 Å². The lowest BCUT2D eigenvalue weighted by Gasteiger charge is -2.12. The summed E-state index contributed by atoms with van der Waals surface area (Å²) in [6, 6.07) is 5.61. The van der Waals surface area contributed by atoms with Crippen LogP contribution >= 0.6 is 0 Å². The lowest BCUT2D eigenvalue weighted by molar-refractivity contribution is 0.0882. The quantitative estimate of drug-likeness (QED) is 0.841. The van der Waals surface area contributed by atoms with Crippen molar-refractivity contribution in [2.24, 2.45) is 0 Å². The van der Waals surface area contributed by atoms with E-state index in [0.29, 0.717) is 11.6 Å². The van der Waals surface area contributed by atoms with Gasteiger partial charge in [-0.3, -0.25) is 0 Å².